The predicted molar refractivity (Wildman–Crippen MR) is 69.8 cm³/mol. The molecule has 1 aliphatic heterocycles. The molecule has 1 aliphatic rings. The number of esters is 1. The number of hydrogen-bond acceptors (Lipinski definition) is 5. The van der Waals surface area contributed by atoms with E-state index in [0.717, 1.165) is 12.8 Å². The van der Waals surface area contributed by atoms with E-state index in [0.29, 0.717) is 19.6 Å². The smallest absolute Gasteiger partial charge is 0.307 e. The lowest BCUT2D eigenvalue weighted by atomic mass is 10.0. The molecule has 1 saturated heterocycles. The van der Waals surface area contributed by atoms with Gasteiger partial charge >= 0.3 is 5.97 Å². The Hall–Kier alpha value is -0.700. The molecule has 19 heavy (non-hydrogen) atoms. The first-order valence-electron chi connectivity index (χ1n) is 6.33. The molecule has 0 aromatic carbocycles. The Morgan fingerprint density at radius 1 is 1.37 bits per heavy atom. The van der Waals surface area contributed by atoms with Gasteiger partial charge in [0.05, 0.1) is 20.1 Å². The van der Waals surface area contributed by atoms with Crippen LogP contribution < -0.4 is 4.72 Å². The molecule has 0 spiro atoms. The van der Waals surface area contributed by atoms with E-state index in [1.807, 2.05) is 0 Å². The lowest BCUT2D eigenvalue weighted by Gasteiger charge is -2.33. The summed E-state index contributed by atoms with van der Waals surface area (Å²) < 4.78 is 37.6. The second-order valence-corrected chi connectivity index (χ2v) is 6.14. The molecule has 0 saturated carbocycles. The number of nitrogens with zero attached hydrogens (tertiary/aromatic N) is 1. The predicted octanol–water partition coefficient (Wildman–Crippen LogP) is -0.115. The summed E-state index contributed by atoms with van der Waals surface area (Å²) in [5.41, 5.74) is 0. The molecule has 112 valence electrons. The van der Waals surface area contributed by atoms with Crippen molar-refractivity contribution in [2.45, 2.75) is 31.7 Å². The van der Waals surface area contributed by atoms with Gasteiger partial charge in [-0.05, 0) is 12.8 Å². The molecule has 1 rings (SSSR count). The van der Waals surface area contributed by atoms with E-state index in [4.69, 9.17) is 4.74 Å². The highest BCUT2D eigenvalue weighted by Gasteiger charge is 2.33. The van der Waals surface area contributed by atoms with Crippen molar-refractivity contribution in [3.63, 3.8) is 0 Å². The molecular formula is C11H22N2O5S. The summed E-state index contributed by atoms with van der Waals surface area (Å²) in [7, 11) is -0.747. The number of methoxy groups -OCH3 is 2. The zero-order valence-electron chi connectivity index (χ0n) is 11.4. The van der Waals surface area contributed by atoms with Crippen molar-refractivity contribution in [2.75, 3.05) is 33.9 Å². The van der Waals surface area contributed by atoms with Crippen LogP contribution in [0.4, 0.5) is 0 Å². The van der Waals surface area contributed by atoms with E-state index in [1.54, 1.807) is 0 Å². The topological polar surface area (TPSA) is 84.9 Å². The van der Waals surface area contributed by atoms with Gasteiger partial charge in [0, 0.05) is 26.2 Å². The second-order valence-electron chi connectivity index (χ2n) is 4.43. The molecule has 7 nitrogen and oxygen atoms in total. The standard InChI is InChI=1S/C11H22N2O5S/c1-17-8-6-12-19(15,16)13-7-4-3-5-10(13)9-11(14)18-2/h10,12H,3-9H2,1-2H3. The van der Waals surface area contributed by atoms with Gasteiger partial charge in [-0.25, -0.2) is 0 Å². The molecule has 0 bridgehead atoms. The second kappa shape index (κ2) is 7.78. The largest absolute Gasteiger partial charge is 0.469 e. The lowest BCUT2D eigenvalue weighted by Crippen LogP contribution is -2.50. The Bertz CT molecular complexity index is 385. The van der Waals surface area contributed by atoms with Crippen molar-refractivity contribution >= 4 is 16.2 Å². The molecule has 0 aliphatic carbocycles. The van der Waals surface area contributed by atoms with Gasteiger partial charge in [-0.15, -0.1) is 0 Å². The fourth-order valence-corrected chi connectivity index (χ4v) is 3.57. The Morgan fingerprint density at radius 3 is 2.74 bits per heavy atom. The van der Waals surface area contributed by atoms with Gasteiger partial charge in [-0.3, -0.25) is 4.79 Å². The normalized spacial score (nSPS) is 21.3. The fourth-order valence-electron chi connectivity index (χ4n) is 2.13. The van der Waals surface area contributed by atoms with Crippen LogP contribution in [0, 0.1) is 0 Å². The molecule has 1 atom stereocenters. The average molecular weight is 294 g/mol. The summed E-state index contributed by atoms with van der Waals surface area (Å²) >= 11 is 0. The lowest BCUT2D eigenvalue weighted by molar-refractivity contribution is -0.141. The SMILES string of the molecule is COCCNS(=O)(=O)N1CCCCC1CC(=O)OC. The number of hydrogen-bond donors (Lipinski definition) is 1. The summed E-state index contributed by atoms with van der Waals surface area (Å²) in [6.45, 7) is 0.971. The number of ether oxygens (including phenoxy) is 2. The molecule has 1 heterocycles. The van der Waals surface area contributed by atoms with Crippen LogP contribution in [0.1, 0.15) is 25.7 Å². The summed E-state index contributed by atoms with van der Waals surface area (Å²) in [6, 6.07) is -0.318. The Kier molecular flexibility index (Phi) is 6.70. The zero-order valence-corrected chi connectivity index (χ0v) is 12.2. The molecule has 1 fully saturated rings. The minimum Gasteiger partial charge on any atom is -0.469 e. The summed E-state index contributed by atoms with van der Waals surface area (Å²) in [5.74, 6) is -0.385. The molecule has 0 amide bonds. The Labute approximate surface area is 114 Å². The van der Waals surface area contributed by atoms with E-state index in [9.17, 15) is 13.2 Å². The maximum Gasteiger partial charge on any atom is 0.307 e. The van der Waals surface area contributed by atoms with E-state index >= 15 is 0 Å². The van der Waals surface area contributed by atoms with Gasteiger partial charge in [0.2, 0.25) is 0 Å². The first-order chi connectivity index (χ1) is 9.01. The Balaban J connectivity index is 2.67. The van der Waals surface area contributed by atoms with Gasteiger partial charge in [0.25, 0.3) is 10.2 Å². The number of nitrogens with one attached hydrogen (secondary N) is 1. The van der Waals surface area contributed by atoms with Crippen molar-refractivity contribution < 1.29 is 22.7 Å². The molecular weight excluding hydrogens is 272 g/mol. The zero-order chi connectivity index (χ0) is 14.3. The van der Waals surface area contributed by atoms with E-state index in [2.05, 4.69) is 9.46 Å². The Morgan fingerprint density at radius 2 is 2.11 bits per heavy atom. The summed E-state index contributed by atoms with van der Waals surface area (Å²) in [5, 5.41) is 0. The summed E-state index contributed by atoms with van der Waals surface area (Å²) in [6.07, 6.45) is 2.51. The third kappa shape index (κ3) is 5.06. The number of piperidine rings is 1. The van der Waals surface area contributed by atoms with Gasteiger partial charge in [0.1, 0.15) is 0 Å². The van der Waals surface area contributed by atoms with Crippen LogP contribution in [0.3, 0.4) is 0 Å². The van der Waals surface area contributed by atoms with Crippen LogP contribution >= 0.6 is 0 Å². The van der Waals surface area contributed by atoms with Crippen molar-refractivity contribution in [3.05, 3.63) is 0 Å². The number of carbonyl (C=O) groups excluding carboxylic acids is 1. The minimum absolute atomic E-state index is 0.0989. The maximum atomic E-state index is 12.1. The van der Waals surface area contributed by atoms with Crippen LogP contribution in [-0.4, -0.2) is 58.7 Å². The first kappa shape index (κ1) is 16.4. The van der Waals surface area contributed by atoms with Crippen molar-refractivity contribution in [3.8, 4) is 0 Å². The molecule has 0 aromatic rings. The highest BCUT2D eigenvalue weighted by atomic mass is 32.2. The minimum atomic E-state index is -3.56. The van der Waals surface area contributed by atoms with Crippen LogP contribution in [-0.2, 0) is 24.5 Å². The third-order valence-corrected chi connectivity index (χ3v) is 4.77. The monoisotopic (exact) mass is 294 g/mol. The van der Waals surface area contributed by atoms with Gasteiger partial charge < -0.3 is 9.47 Å². The van der Waals surface area contributed by atoms with Crippen molar-refractivity contribution in [2.24, 2.45) is 0 Å². The molecule has 1 unspecified atom stereocenters. The van der Waals surface area contributed by atoms with Crippen molar-refractivity contribution in [1.82, 2.24) is 9.03 Å². The molecule has 0 aromatic heterocycles. The van der Waals surface area contributed by atoms with E-state index in [-0.39, 0.29) is 25.0 Å². The summed E-state index contributed by atoms with van der Waals surface area (Å²) in [4.78, 5) is 11.3. The third-order valence-electron chi connectivity index (χ3n) is 3.10. The average Bonchev–Trinajstić information content (AvgIpc) is 2.39. The maximum absolute atomic E-state index is 12.1. The van der Waals surface area contributed by atoms with Gasteiger partial charge in [-0.2, -0.15) is 17.4 Å². The highest BCUT2D eigenvalue weighted by molar-refractivity contribution is 7.87. The van der Waals surface area contributed by atoms with Crippen LogP contribution in [0.5, 0.6) is 0 Å². The highest BCUT2D eigenvalue weighted by Crippen LogP contribution is 2.22. The molecule has 0 radical (unpaired) electrons. The number of rotatable bonds is 7. The number of carbonyl (C=O) groups is 1. The van der Waals surface area contributed by atoms with Crippen LogP contribution in [0.15, 0.2) is 0 Å². The molecule has 1 N–H and O–H groups in total. The fraction of sp³-hybridized carbons (Fsp3) is 0.909. The van der Waals surface area contributed by atoms with Crippen molar-refractivity contribution in [1.29, 1.82) is 0 Å². The van der Waals surface area contributed by atoms with Crippen LogP contribution in [0.25, 0.3) is 0 Å². The van der Waals surface area contributed by atoms with Gasteiger partial charge in [-0.1, -0.05) is 6.42 Å². The van der Waals surface area contributed by atoms with E-state index in [1.165, 1.54) is 18.5 Å². The van der Waals surface area contributed by atoms with Crippen LogP contribution in [0.2, 0.25) is 0 Å². The van der Waals surface area contributed by atoms with E-state index < -0.39 is 10.2 Å². The van der Waals surface area contributed by atoms with Gasteiger partial charge in [0.15, 0.2) is 0 Å². The quantitative estimate of drug-likeness (QED) is 0.523. The first-order valence-corrected chi connectivity index (χ1v) is 7.77. The molecule has 8 heteroatoms.